The second kappa shape index (κ2) is 1.94. The van der Waals surface area contributed by atoms with Crippen molar-refractivity contribution in [3.63, 3.8) is 0 Å². The normalized spacial score (nSPS) is 20.3. The summed E-state index contributed by atoms with van der Waals surface area (Å²) < 4.78 is 0. The Labute approximate surface area is 46.1 Å². The van der Waals surface area contributed by atoms with Crippen LogP contribution >= 0.6 is 0 Å². The van der Waals surface area contributed by atoms with Gasteiger partial charge in [-0.15, -0.1) is 0 Å². The molecule has 7 heavy (non-hydrogen) atoms. The van der Waals surface area contributed by atoms with Crippen LogP contribution in [0, 0.1) is 0 Å². The third-order valence-corrected chi connectivity index (χ3v) is 2.57. The Hall–Kier alpha value is -0.563. The highest BCUT2D eigenvalue weighted by atomic mass is 28.2. The summed E-state index contributed by atoms with van der Waals surface area (Å²) in [6.45, 7) is 3.67. The van der Waals surface area contributed by atoms with E-state index in [1.54, 1.807) is 0 Å². The molecule has 1 aliphatic rings. The Morgan fingerprint density at radius 3 is 2.86 bits per heavy atom. The SMILES string of the molecule is C=CC1=CC=C[SiH2]1. The van der Waals surface area contributed by atoms with E-state index >= 15 is 0 Å². The zero-order chi connectivity index (χ0) is 5.11. The molecule has 0 atom stereocenters. The molecule has 36 valence electrons. The first-order valence-corrected chi connectivity index (χ1v) is 3.94. The van der Waals surface area contributed by atoms with Crippen LogP contribution in [0.5, 0.6) is 0 Å². The van der Waals surface area contributed by atoms with Crippen molar-refractivity contribution in [1.29, 1.82) is 0 Å². The molecule has 1 rings (SSSR count). The van der Waals surface area contributed by atoms with Crippen LogP contribution in [-0.4, -0.2) is 9.52 Å². The van der Waals surface area contributed by atoms with Crippen molar-refractivity contribution in [2.45, 2.75) is 0 Å². The smallest absolute Gasteiger partial charge is 0.0783 e. The van der Waals surface area contributed by atoms with Crippen LogP contribution in [0.2, 0.25) is 0 Å². The predicted molar refractivity (Wildman–Crippen MR) is 36.0 cm³/mol. The van der Waals surface area contributed by atoms with Crippen molar-refractivity contribution in [3.05, 3.63) is 35.7 Å². The maximum absolute atomic E-state index is 3.67. The summed E-state index contributed by atoms with van der Waals surface area (Å²) in [6.07, 6.45) is 6.20. The molecule has 0 aromatic carbocycles. The van der Waals surface area contributed by atoms with Crippen LogP contribution in [0.25, 0.3) is 0 Å². The van der Waals surface area contributed by atoms with Gasteiger partial charge in [0.15, 0.2) is 0 Å². The topological polar surface area (TPSA) is 0 Å². The van der Waals surface area contributed by atoms with Crippen molar-refractivity contribution >= 4 is 9.52 Å². The van der Waals surface area contributed by atoms with Crippen LogP contribution in [0.4, 0.5) is 0 Å². The molecule has 0 N–H and O–H groups in total. The number of hydrogen-bond acceptors (Lipinski definition) is 0. The van der Waals surface area contributed by atoms with Crippen molar-refractivity contribution < 1.29 is 0 Å². The second-order valence-electron chi connectivity index (χ2n) is 1.58. The largest absolute Gasteiger partial charge is 0.0992 e. The molecule has 0 aromatic heterocycles. The maximum Gasteiger partial charge on any atom is 0.0783 e. The Balaban J connectivity index is 2.61. The van der Waals surface area contributed by atoms with Crippen LogP contribution in [0.3, 0.4) is 0 Å². The van der Waals surface area contributed by atoms with Crippen LogP contribution < -0.4 is 0 Å². The molecular formula is C6H8Si. The lowest BCUT2D eigenvalue weighted by atomic mass is 10.5. The van der Waals surface area contributed by atoms with Gasteiger partial charge in [-0.05, 0) is 0 Å². The molecule has 0 aromatic rings. The zero-order valence-electron chi connectivity index (χ0n) is 4.22. The van der Waals surface area contributed by atoms with Gasteiger partial charge in [0.25, 0.3) is 0 Å². The summed E-state index contributed by atoms with van der Waals surface area (Å²) in [7, 11) is 0.0197. The number of allylic oxidation sites excluding steroid dienone is 4. The number of rotatable bonds is 1. The molecule has 0 saturated carbocycles. The second-order valence-corrected chi connectivity index (χ2v) is 3.27. The molecule has 0 spiro atoms. The molecule has 0 bridgehead atoms. The summed E-state index contributed by atoms with van der Waals surface area (Å²) in [4.78, 5) is 0. The van der Waals surface area contributed by atoms with E-state index in [2.05, 4.69) is 24.4 Å². The molecule has 0 nitrogen and oxygen atoms in total. The molecule has 1 heteroatoms. The van der Waals surface area contributed by atoms with Gasteiger partial charge in [0.05, 0.1) is 9.52 Å². The van der Waals surface area contributed by atoms with Gasteiger partial charge in [-0.1, -0.05) is 35.7 Å². The van der Waals surface area contributed by atoms with Crippen molar-refractivity contribution in [3.8, 4) is 0 Å². The first-order valence-electron chi connectivity index (χ1n) is 2.41. The third-order valence-electron chi connectivity index (χ3n) is 1.06. The summed E-state index contributed by atoms with van der Waals surface area (Å²) in [6, 6.07) is 0. The van der Waals surface area contributed by atoms with E-state index in [4.69, 9.17) is 0 Å². The molecule has 0 radical (unpaired) electrons. The van der Waals surface area contributed by atoms with E-state index in [-0.39, 0.29) is 9.52 Å². The van der Waals surface area contributed by atoms with Crippen molar-refractivity contribution in [1.82, 2.24) is 0 Å². The molecule has 0 aliphatic carbocycles. The quantitative estimate of drug-likeness (QED) is 0.435. The minimum atomic E-state index is 0.0197. The average Bonchev–Trinajstić information content (AvgIpc) is 2.14. The van der Waals surface area contributed by atoms with Gasteiger partial charge >= 0.3 is 0 Å². The van der Waals surface area contributed by atoms with Crippen molar-refractivity contribution in [2.24, 2.45) is 0 Å². The van der Waals surface area contributed by atoms with Crippen LogP contribution in [0.15, 0.2) is 35.7 Å². The van der Waals surface area contributed by atoms with Crippen LogP contribution in [-0.2, 0) is 0 Å². The molecule has 0 saturated heterocycles. The first-order chi connectivity index (χ1) is 3.43. The monoisotopic (exact) mass is 108 g/mol. The number of hydrogen-bond donors (Lipinski definition) is 0. The minimum Gasteiger partial charge on any atom is -0.0992 e. The fourth-order valence-corrected chi connectivity index (χ4v) is 1.60. The summed E-state index contributed by atoms with van der Waals surface area (Å²) in [5, 5.41) is 1.46. The first kappa shape index (κ1) is 4.59. The zero-order valence-corrected chi connectivity index (χ0v) is 5.64. The fraction of sp³-hybridized carbons (Fsp3) is 0. The predicted octanol–water partition coefficient (Wildman–Crippen LogP) is 0.752. The van der Waals surface area contributed by atoms with E-state index in [1.165, 1.54) is 5.20 Å². The summed E-state index contributed by atoms with van der Waals surface area (Å²) >= 11 is 0. The van der Waals surface area contributed by atoms with E-state index in [0.717, 1.165) is 0 Å². The molecular weight excluding hydrogens is 100 g/mol. The summed E-state index contributed by atoms with van der Waals surface area (Å²) in [5.41, 5.74) is 2.26. The standard InChI is InChI=1S/C6H8Si/c1-2-6-4-3-5-7-6/h2-5H,1,7H2. The van der Waals surface area contributed by atoms with Crippen LogP contribution in [0.1, 0.15) is 0 Å². The lowest BCUT2D eigenvalue weighted by Crippen LogP contribution is -1.80. The third kappa shape index (κ3) is 0.902. The van der Waals surface area contributed by atoms with Gasteiger partial charge < -0.3 is 0 Å². The van der Waals surface area contributed by atoms with Gasteiger partial charge in [0.2, 0.25) is 0 Å². The highest BCUT2D eigenvalue weighted by Gasteiger charge is 1.90. The Morgan fingerprint density at radius 2 is 2.57 bits per heavy atom. The Bertz CT molecular complexity index is 131. The van der Waals surface area contributed by atoms with Gasteiger partial charge in [-0.25, -0.2) is 0 Å². The van der Waals surface area contributed by atoms with Gasteiger partial charge in [0.1, 0.15) is 0 Å². The minimum absolute atomic E-state index is 0.0197. The molecule has 0 unspecified atom stereocenters. The highest BCUT2D eigenvalue weighted by molar-refractivity contribution is 6.53. The lowest BCUT2D eigenvalue weighted by molar-refractivity contribution is 1.93. The maximum atomic E-state index is 3.67. The highest BCUT2D eigenvalue weighted by Crippen LogP contribution is 1.99. The molecule has 1 aliphatic heterocycles. The van der Waals surface area contributed by atoms with Gasteiger partial charge in [-0.2, -0.15) is 0 Å². The lowest BCUT2D eigenvalue weighted by Gasteiger charge is -1.81. The molecule has 1 heterocycles. The van der Waals surface area contributed by atoms with Gasteiger partial charge in [-0.3, -0.25) is 0 Å². The van der Waals surface area contributed by atoms with E-state index in [1.807, 2.05) is 6.08 Å². The van der Waals surface area contributed by atoms with E-state index in [0.29, 0.717) is 0 Å². The summed E-state index contributed by atoms with van der Waals surface area (Å²) in [5.74, 6) is 0. The van der Waals surface area contributed by atoms with E-state index < -0.39 is 0 Å². The van der Waals surface area contributed by atoms with Crippen molar-refractivity contribution in [2.75, 3.05) is 0 Å². The Morgan fingerprint density at radius 1 is 1.71 bits per heavy atom. The van der Waals surface area contributed by atoms with E-state index in [9.17, 15) is 0 Å². The fourth-order valence-electron chi connectivity index (χ4n) is 0.615. The average molecular weight is 108 g/mol. The Kier molecular flexibility index (Phi) is 1.27. The molecule has 0 amide bonds. The molecule has 0 fully saturated rings. The van der Waals surface area contributed by atoms with Gasteiger partial charge in [0, 0.05) is 0 Å².